The smallest absolute Gasteiger partial charge is 0.0471 e. The molecule has 0 unspecified atom stereocenters. The molecule has 1 fully saturated rings. The molecule has 1 aliphatic heterocycles. The first-order valence-corrected chi connectivity index (χ1v) is 8.30. The van der Waals surface area contributed by atoms with Gasteiger partial charge in [-0.05, 0) is 36.4 Å². The third-order valence-electron chi connectivity index (χ3n) is 4.71. The molecule has 2 heteroatoms. The number of aliphatic hydroxyl groups is 1. The fraction of sp³-hybridized carbons (Fsp3) is 0.400. The molecule has 0 aliphatic carbocycles. The zero-order valence-corrected chi connectivity index (χ0v) is 13.1. The Bertz CT molecular complexity index is 515. The van der Waals surface area contributed by atoms with Crippen LogP contribution in [-0.2, 0) is 0 Å². The predicted octanol–water partition coefficient (Wildman–Crippen LogP) is 3.52. The van der Waals surface area contributed by atoms with Gasteiger partial charge < -0.3 is 10.0 Å². The molecular weight excluding hydrogens is 270 g/mol. The standard InChI is InChI=1S/C20H25NO/c22-16-17-8-7-13-21(14-17)15-20(18-9-3-1-4-10-18)19-11-5-2-6-12-19/h1-6,9-12,17,20,22H,7-8,13-16H2/t17-/m0/s1. The topological polar surface area (TPSA) is 23.5 Å². The first-order chi connectivity index (χ1) is 10.9. The largest absolute Gasteiger partial charge is 0.396 e. The van der Waals surface area contributed by atoms with E-state index in [-0.39, 0.29) is 0 Å². The summed E-state index contributed by atoms with van der Waals surface area (Å²) < 4.78 is 0. The van der Waals surface area contributed by atoms with Crippen LogP contribution in [0, 0.1) is 5.92 Å². The molecule has 2 nitrogen and oxygen atoms in total. The highest BCUT2D eigenvalue weighted by atomic mass is 16.3. The van der Waals surface area contributed by atoms with Crippen molar-refractivity contribution in [2.24, 2.45) is 5.92 Å². The highest BCUT2D eigenvalue weighted by Crippen LogP contribution is 2.27. The van der Waals surface area contributed by atoms with Gasteiger partial charge in [-0.1, -0.05) is 60.7 Å². The minimum absolute atomic E-state index is 0.317. The van der Waals surface area contributed by atoms with Crippen LogP contribution in [0.4, 0.5) is 0 Å². The molecule has 1 N–H and O–H groups in total. The van der Waals surface area contributed by atoms with Crippen LogP contribution < -0.4 is 0 Å². The van der Waals surface area contributed by atoms with Crippen LogP contribution in [0.1, 0.15) is 29.9 Å². The molecule has 0 bridgehead atoms. The maximum absolute atomic E-state index is 9.45. The molecule has 22 heavy (non-hydrogen) atoms. The summed E-state index contributed by atoms with van der Waals surface area (Å²) in [6.45, 7) is 3.52. The van der Waals surface area contributed by atoms with Crippen LogP contribution in [0.2, 0.25) is 0 Å². The normalized spacial score (nSPS) is 19.5. The number of nitrogens with zero attached hydrogens (tertiary/aromatic N) is 1. The number of aliphatic hydroxyl groups excluding tert-OH is 1. The molecule has 1 heterocycles. The molecule has 1 saturated heterocycles. The minimum Gasteiger partial charge on any atom is -0.396 e. The van der Waals surface area contributed by atoms with Gasteiger partial charge in [-0.2, -0.15) is 0 Å². The van der Waals surface area contributed by atoms with Crippen LogP contribution in [0.3, 0.4) is 0 Å². The molecule has 0 aromatic heterocycles. The van der Waals surface area contributed by atoms with Crippen molar-refractivity contribution in [2.45, 2.75) is 18.8 Å². The second-order valence-electron chi connectivity index (χ2n) is 6.32. The second-order valence-corrected chi connectivity index (χ2v) is 6.32. The fourth-order valence-electron chi connectivity index (χ4n) is 3.50. The lowest BCUT2D eigenvalue weighted by molar-refractivity contribution is 0.118. The van der Waals surface area contributed by atoms with Gasteiger partial charge in [0, 0.05) is 25.6 Å². The van der Waals surface area contributed by atoms with E-state index in [0.29, 0.717) is 18.4 Å². The number of likely N-dealkylation sites (tertiary alicyclic amines) is 1. The van der Waals surface area contributed by atoms with Gasteiger partial charge in [-0.3, -0.25) is 0 Å². The van der Waals surface area contributed by atoms with Gasteiger partial charge in [0.15, 0.2) is 0 Å². The summed E-state index contributed by atoms with van der Waals surface area (Å²) in [5.74, 6) is 0.848. The van der Waals surface area contributed by atoms with E-state index in [1.54, 1.807) is 0 Å². The third-order valence-corrected chi connectivity index (χ3v) is 4.71. The lowest BCUT2D eigenvalue weighted by Gasteiger charge is -2.34. The quantitative estimate of drug-likeness (QED) is 0.912. The van der Waals surface area contributed by atoms with Gasteiger partial charge in [0.05, 0.1) is 0 Å². The Kier molecular flexibility index (Phi) is 5.25. The average Bonchev–Trinajstić information content (AvgIpc) is 2.61. The van der Waals surface area contributed by atoms with Crippen molar-refractivity contribution in [1.82, 2.24) is 4.90 Å². The fourth-order valence-corrected chi connectivity index (χ4v) is 3.50. The molecule has 0 spiro atoms. The second kappa shape index (κ2) is 7.57. The van der Waals surface area contributed by atoms with E-state index in [2.05, 4.69) is 65.6 Å². The molecule has 2 aromatic carbocycles. The minimum atomic E-state index is 0.317. The van der Waals surface area contributed by atoms with Crippen molar-refractivity contribution in [3.8, 4) is 0 Å². The molecule has 2 aromatic rings. The lowest BCUT2D eigenvalue weighted by Crippen LogP contribution is -2.39. The maximum atomic E-state index is 9.45. The van der Waals surface area contributed by atoms with Gasteiger partial charge in [-0.15, -0.1) is 0 Å². The first kappa shape index (κ1) is 15.3. The first-order valence-electron chi connectivity index (χ1n) is 8.30. The summed E-state index contributed by atoms with van der Waals surface area (Å²) >= 11 is 0. The lowest BCUT2D eigenvalue weighted by atomic mass is 9.89. The Hall–Kier alpha value is -1.64. The Morgan fingerprint density at radius 1 is 0.955 bits per heavy atom. The molecule has 1 aliphatic rings. The van der Waals surface area contributed by atoms with E-state index in [9.17, 15) is 5.11 Å². The summed E-state index contributed by atoms with van der Waals surface area (Å²) in [4.78, 5) is 2.52. The monoisotopic (exact) mass is 295 g/mol. The van der Waals surface area contributed by atoms with Crippen LogP contribution in [0.5, 0.6) is 0 Å². The predicted molar refractivity (Wildman–Crippen MR) is 91.0 cm³/mol. The zero-order chi connectivity index (χ0) is 15.2. The highest BCUT2D eigenvalue weighted by Gasteiger charge is 2.23. The maximum Gasteiger partial charge on any atom is 0.0471 e. The molecule has 0 saturated carbocycles. The third kappa shape index (κ3) is 3.76. The van der Waals surface area contributed by atoms with Crippen molar-refractivity contribution in [1.29, 1.82) is 0 Å². The SMILES string of the molecule is OC[C@H]1CCCN(CC(c2ccccc2)c2ccccc2)C1. The summed E-state index contributed by atoms with van der Waals surface area (Å²) in [5, 5.41) is 9.45. The van der Waals surface area contributed by atoms with Crippen LogP contribution in [-0.4, -0.2) is 36.2 Å². The van der Waals surface area contributed by atoms with E-state index in [1.807, 2.05) is 0 Å². The van der Waals surface area contributed by atoms with Gasteiger partial charge in [-0.25, -0.2) is 0 Å². The summed E-state index contributed by atoms with van der Waals surface area (Å²) in [6.07, 6.45) is 2.36. The molecule has 116 valence electrons. The highest BCUT2D eigenvalue weighted by molar-refractivity contribution is 5.32. The van der Waals surface area contributed by atoms with Crippen LogP contribution in [0.25, 0.3) is 0 Å². The van der Waals surface area contributed by atoms with Crippen LogP contribution >= 0.6 is 0 Å². The number of hydrogen-bond donors (Lipinski definition) is 1. The molecule has 0 radical (unpaired) electrons. The number of hydrogen-bond acceptors (Lipinski definition) is 2. The van der Waals surface area contributed by atoms with Gasteiger partial charge in [0.1, 0.15) is 0 Å². The van der Waals surface area contributed by atoms with E-state index in [0.717, 1.165) is 26.1 Å². The van der Waals surface area contributed by atoms with E-state index >= 15 is 0 Å². The van der Waals surface area contributed by atoms with Gasteiger partial charge >= 0.3 is 0 Å². The van der Waals surface area contributed by atoms with E-state index in [1.165, 1.54) is 17.5 Å². The summed E-state index contributed by atoms with van der Waals surface area (Å²) in [6, 6.07) is 21.6. The average molecular weight is 295 g/mol. The molecule has 0 amide bonds. The molecule has 1 atom stereocenters. The summed E-state index contributed by atoms with van der Waals surface area (Å²) in [7, 11) is 0. The number of piperidine rings is 1. The van der Waals surface area contributed by atoms with Crippen molar-refractivity contribution in [3.05, 3.63) is 71.8 Å². The Balaban J connectivity index is 1.80. The van der Waals surface area contributed by atoms with Crippen molar-refractivity contribution >= 4 is 0 Å². The Morgan fingerprint density at radius 2 is 1.55 bits per heavy atom. The molecular formula is C20H25NO. The van der Waals surface area contributed by atoms with Gasteiger partial charge in [0.25, 0.3) is 0 Å². The van der Waals surface area contributed by atoms with Gasteiger partial charge in [0.2, 0.25) is 0 Å². The van der Waals surface area contributed by atoms with Crippen molar-refractivity contribution in [2.75, 3.05) is 26.2 Å². The van der Waals surface area contributed by atoms with Crippen LogP contribution in [0.15, 0.2) is 60.7 Å². The van der Waals surface area contributed by atoms with E-state index in [4.69, 9.17) is 0 Å². The number of rotatable bonds is 5. The number of benzene rings is 2. The molecule has 3 rings (SSSR count). The Morgan fingerprint density at radius 3 is 2.09 bits per heavy atom. The van der Waals surface area contributed by atoms with E-state index < -0.39 is 0 Å². The van der Waals surface area contributed by atoms with Crippen molar-refractivity contribution in [3.63, 3.8) is 0 Å². The Labute approximate surface area is 133 Å². The summed E-state index contributed by atoms with van der Waals surface area (Å²) in [5.41, 5.74) is 2.75. The van der Waals surface area contributed by atoms with Crippen molar-refractivity contribution < 1.29 is 5.11 Å². The zero-order valence-electron chi connectivity index (χ0n) is 13.1.